The summed E-state index contributed by atoms with van der Waals surface area (Å²) in [5, 5.41) is 9.40. The van der Waals surface area contributed by atoms with Gasteiger partial charge in [0.25, 0.3) is 0 Å². The van der Waals surface area contributed by atoms with Crippen molar-refractivity contribution in [3.05, 3.63) is 169 Å². The van der Waals surface area contributed by atoms with E-state index in [-0.39, 0.29) is 0 Å². The summed E-state index contributed by atoms with van der Waals surface area (Å²) in [6.07, 6.45) is 8.28. The molecule has 1 aliphatic heterocycles. The maximum absolute atomic E-state index is 5.39. The van der Waals surface area contributed by atoms with E-state index in [1.165, 1.54) is 20.8 Å². The van der Waals surface area contributed by atoms with Crippen LogP contribution in [0.4, 0.5) is 0 Å². The minimum Gasteiger partial charge on any atom is -0.254 e. The Labute approximate surface area is 261 Å². The largest absolute Gasteiger partial charge is 0.254 e. The van der Waals surface area contributed by atoms with E-state index in [1.54, 1.807) is 0 Å². The fourth-order valence-corrected chi connectivity index (χ4v) is 12.0. The standard InChI is InChI=1S/C40H26N4Si/c1-3-11-31(12-4-1)45(32-13-5-2-6-14-32)35(33-21-19-29-17-15-27-9-7-25-41-37(27)39(29)43-33)23-24-36(45)34-22-20-30-18-16-28-10-8-26-42-38(28)40(30)44-34/h1-26H. The highest BCUT2D eigenvalue weighted by atomic mass is 28.3. The monoisotopic (exact) mass is 590 g/mol. The number of hydrogen-bond acceptors (Lipinski definition) is 4. The van der Waals surface area contributed by atoms with Crippen molar-refractivity contribution in [3.63, 3.8) is 0 Å². The third kappa shape index (κ3) is 3.91. The van der Waals surface area contributed by atoms with Crippen LogP contribution in [0.15, 0.2) is 158 Å². The Bertz CT molecular complexity index is 2310. The molecule has 0 saturated carbocycles. The topological polar surface area (TPSA) is 51.6 Å². The highest BCUT2D eigenvalue weighted by Gasteiger charge is 2.49. The molecule has 0 saturated heterocycles. The summed E-state index contributed by atoms with van der Waals surface area (Å²) in [4.78, 5) is 20.3. The van der Waals surface area contributed by atoms with Gasteiger partial charge in [0.2, 0.25) is 0 Å². The average Bonchev–Trinajstić information content (AvgIpc) is 3.53. The second-order valence-corrected chi connectivity index (χ2v) is 15.2. The second kappa shape index (κ2) is 10.1. The molecule has 4 aromatic heterocycles. The first-order valence-corrected chi connectivity index (χ1v) is 17.1. The zero-order valence-corrected chi connectivity index (χ0v) is 25.3. The summed E-state index contributed by atoms with van der Waals surface area (Å²) in [5.41, 5.74) is 5.63. The van der Waals surface area contributed by atoms with Crippen molar-refractivity contribution < 1.29 is 0 Å². The molecule has 0 bridgehead atoms. The molecule has 5 heteroatoms. The Morgan fingerprint density at radius 2 is 0.756 bits per heavy atom. The summed E-state index contributed by atoms with van der Waals surface area (Å²) in [7, 11) is -2.88. The number of aromatic nitrogens is 4. The van der Waals surface area contributed by atoms with E-state index >= 15 is 0 Å². The molecular weight excluding hydrogens is 565 g/mol. The molecule has 0 fully saturated rings. The molecule has 0 spiro atoms. The Hall–Kier alpha value is -5.78. The minimum atomic E-state index is -2.88. The molecule has 8 aromatic rings. The van der Waals surface area contributed by atoms with E-state index in [2.05, 4.69) is 133 Å². The van der Waals surface area contributed by atoms with Gasteiger partial charge >= 0.3 is 0 Å². The van der Waals surface area contributed by atoms with Crippen molar-refractivity contribution in [2.75, 3.05) is 0 Å². The Morgan fingerprint density at radius 1 is 0.356 bits per heavy atom. The van der Waals surface area contributed by atoms with Crippen LogP contribution in [-0.2, 0) is 0 Å². The quantitative estimate of drug-likeness (QED) is 0.156. The lowest BCUT2D eigenvalue weighted by molar-refractivity contribution is 1.34. The van der Waals surface area contributed by atoms with Gasteiger partial charge in [-0.25, -0.2) is 9.97 Å². The van der Waals surface area contributed by atoms with Crippen LogP contribution in [0, 0.1) is 0 Å². The van der Waals surface area contributed by atoms with Gasteiger partial charge in [0.1, 0.15) is 0 Å². The number of hydrogen-bond donors (Lipinski definition) is 0. The van der Waals surface area contributed by atoms with E-state index in [1.807, 2.05) is 24.5 Å². The van der Waals surface area contributed by atoms with Gasteiger partial charge in [-0.1, -0.05) is 121 Å². The normalized spacial score (nSPS) is 14.2. The summed E-state index contributed by atoms with van der Waals surface area (Å²) >= 11 is 0. The van der Waals surface area contributed by atoms with Crippen LogP contribution in [0.1, 0.15) is 11.4 Å². The van der Waals surface area contributed by atoms with E-state index in [0.717, 1.165) is 55.0 Å². The fourth-order valence-electron chi connectivity index (χ4n) is 7.03. The maximum Gasteiger partial charge on any atom is 0.184 e. The Kier molecular flexibility index (Phi) is 5.79. The van der Waals surface area contributed by atoms with Crippen LogP contribution in [0.25, 0.3) is 54.0 Å². The predicted octanol–water partition coefficient (Wildman–Crippen LogP) is 7.70. The zero-order valence-electron chi connectivity index (χ0n) is 24.3. The van der Waals surface area contributed by atoms with Crippen LogP contribution < -0.4 is 10.4 Å². The van der Waals surface area contributed by atoms with Crippen LogP contribution >= 0.6 is 0 Å². The summed E-state index contributed by atoms with van der Waals surface area (Å²) < 4.78 is 0. The molecule has 4 aromatic carbocycles. The SMILES string of the molecule is C1=C(c2ccc3ccc4cccnc4c3n2)[Si](c2ccccc2)(c2ccccc2)C(c2ccc3ccc4cccnc4c3n2)=C1. The first kappa shape index (κ1) is 25.7. The fraction of sp³-hybridized carbons (Fsp3) is 0. The van der Waals surface area contributed by atoms with E-state index in [0.29, 0.717) is 0 Å². The third-order valence-electron chi connectivity index (χ3n) is 9.05. The smallest absolute Gasteiger partial charge is 0.184 e. The lowest BCUT2D eigenvalue weighted by Gasteiger charge is -2.34. The van der Waals surface area contributed by atoms with Crippen molar-refractivity contribution in [1.29, 1.82) is 0 Å². The number of fused-ring (bicyclic) bond motifs is 6. The number of pyridine rings is 4. The highest BCUT2D eigenvalue weighted by Crippen LogP contribution is 2.41. The van der Waals surface area contributed by atoms with Crippen molar-refractivity contribution in [1.82, 2.24) is 19.9 Å². The van der Waals surface area contributed by atoms with Crippen molar-refractivity contribution in [2.24, 2.45) is 0 Å². The molecule has 0 aliphatic carbocycles. The van der Waals surface area contributed by atoms with Crippen molar-refractivity contribution in [3.8, 4) is 0 Å². The molecule has 0 unspecified atom stereocenters. The summed E-state index contributed by atoms with van der Waals surface area (Å²) in [6, 6.07) is 47.3. The minimum absolute atomic E-state index is 0.922. The number of benzene rings is 4. The van der Waals surface area contributed by atoms with Gasteiger partial charge < -0.3 is 0 Å². The van der Waals surface area contributed by atoms with Crippen molar-refractivity contribution in [2.45, 2.75) is 0 Å². The zero-order chi connectivity index (χ0) is 29.8. The van der Waals surface area contributed by atoms with Gasteiger partial charge in [0.15, 0.2) is 8.07 Å². The number of rotatable bonds is 4. The molecule has 5 heterocycles. The van der Waals surface area contributed by atoms with Crippen molar-refractivity contribution >= 4 is 72.5 Å². The molecule has 9 rings (SSSR count). The van der Waals surface area contributed by atoms with Gasteiger partial charge in [0, 0.05) is 33.9 Å². The first-order chi connectivity index (χ1) is 22.3. The van der Waals surface area contributed by atoms with E-state index in [4.69, 9.17) is 19.9 Å². The van der Waals surface area contributed by atoms with Crippen LogP contribution in [0.2, 0.25) is 0 Å². The molecule has 210 valence electrons. The Balaban J connectivity index is 1.33. The Morgan fingerprint density at radius 3 is 1.20 bits per heavy atom. The third-order valence-corrected chi connectivity index (χ3v) is 13.9. The van der Waals surface area contributed by atoms with Gasteiger partial charge in [-0.05, 0) is 45.0 Å². The van der Waals surface area contributed by atoms with Gasteiger partial charge in [0.05, 0.1) is 33.5 Å². The van der Waals surface area contributed by atoms with Gasteiger partial charge in [-0.3, -0.25) is 9.97 Å². The number of allylic oxidation sites excluding steroid dienone is 2. The summed E-state index contributed by atoms with van der Waals surface area (Å²) in [6.45, 7) is 0. The maximum atomic E-state index is 5.39. The van der Waals surface area contributed by atoms with E-state index < -0.39 is 8.07 Å². The molecule has 4 nitrogen and oxygen atoms in total. The van der Waals surface area contributed by atoms with Crippen LogP contribution in [0.5, 0.6) is 0 Å². The number of nitrogens with zero attached hydrogens (tertiary/aromatic N) is 4. The lowest BCUT2D eigenvalue weighted by atomic mass is 10.1. The van der Waals surface area contributed by atoms with Crippen LogP contribution in [0.3, 0.4) is 0 Å². The molecule has 1 aliphatic rings. The second-order valence-electron chi connectivity index (χ2n) is 11.5. The van der Waals surface area contributed by atoms with Gasteiger partial charge in [-0.2, -0.15) is 0 Å². The molecule has 45 heavy (non-hydrogen) atoms. The summed E-state index contributed by atoms with van der Waals surface area (Å²) in [5.74, 6) is 0. The lowest BCUT2D eigenvalue weighted by Crippen LogP contribution is -2.59. The molecule has 0 amide bonds. The molecule has 0 radical (unpaired) electrons. The van der Waals surface area contributed by atoms with Crippen LogP contribution in [-0.4, -0.2) is 28.0 Å². The molecule has 0 atom stereocenters. The molecular formula is C40H26N4Si. The molecule has 0 N–H and O–H groups in total. The predicted molar refractivity (Wildman–Crippen MR) is 188 cm³/mol. The van der Waals surface area contributed by atoms with E-state index in [9.17, 15) is 0 Å². The first-order valence-electron chi connectivity index (χ1n) is 15.1. The highest BCUT2D eigenvalue weighted by molar-refractivity contribution is 7.26. The van der Waals surface area contributed by atoms with Gasteiger partial charge in [-0.15, -0.1) is 0 Å². The average molecular weight is 591 g/mol.